The van der Waals surface area contributed by atoms with Crippen LogP contribution < -0.4 is 14.8 Å². The van der Waals surface area contributed by atoms with Gasteiger partial charge in [-0.1, -0.05) is 11.2 Å². The number of aromatic nitrogens is 1. The molecule has 1 aromatic heterocycles. The van der Waals surface area contributed by atoms with E-state index in [1.807, 2.05) is 18.2 Å². The van der Waals surface area contributed by atoms with Crippen LogP contribution in [-0.2, 0) is 11.2 Å². The summed E-state index contributed by atoms with van der Waals surface area (Å²) in [5.41, 5.74) is 0.858. The van der Waals surface area contributed by atoms with E-state index in [0.29, 0.717) is 30.5 Å². The van der Waals surface area contributed by atoms with Gasteiger partial charge in [0.25, 0.3) is 0 Å². The minimum atomic E-state index is -0.155. The van der Waals surface area contributed by atoms with Crippen molar-refractivity contribution in [2.24, 2.45) is 0 Å². The molecule has 0 unspecified atom stereocenters. The van der Waals surface area contributed by atoms with Crippen molar-refractivity contribution in [2.75, 3.05) is 18.5 Å². The third kappa shape index (κ3) is 3.34. The molecule has 1 aliphatic rings. The number of carbonyl (C=O) groups is 1. The lowest BCUT2D eigenvalue weighted by Gasteiger charge is -2.09. The third-order valence-corrected chi connectivity index (χ3v) is 3.07. The molecule has 0 atom stereocenters. The van der Waals surface area contributed by atoms with E-state index < -0.39 is 0 Å². The number of hydrogen-bond acceptors (Lipinski definition) is 5. The Morgan fingerprint density at radius 3 is 2.81 bits per heavy atom. The molecule has 1 N–H and O–H groups in total. The van der Waals surface area contributed by atoms with Crippen LogP contribution in [0.3, 0.4) is 0 Å². The van der Waals surface area contributed by atoms with E-state index in [4.69, 9.17) is 14.0 Å². The number of hydrogen-bond donors (Lipinski definition) is 1. The summed E-state index contributed by atoms with van der Waals surface area (Å²) in [7, 11) is 0. The molecule has 110 valence electrons. The summed E-state index contributed by atoms with van der Waals surface area (Å²) in [5.74, 6) is 2.34. The fraction of sp³-hybridized carbons (Fsp3) is 0.333. The van der Waals surface area contributed by atoms with Gasteiger partial charge in [-0.05, 0) is 24.6 Å². The first-order chi connectivity index (χ1) is 10.2. The van der Waals surface area contributed by atoms with Gasteiger partial charge in [0, 0.05) is 12.5 Å². The molecule has 2 heterocycles. The van der Waals surface area contributed by atoms with Gasteiger partial charge in [-0.3, -0.25) is 4.79 Å². The van der Waals surface area contributed by atoms with E-state index in [9.17, 15) is 4.79 Å². The molecule has 0 aliphatic carbocycles. The van der Waals surface area contributed by atoms with Gasteiger partial charge in [0.15, 0.2) is 17.3 Å². The van der Waals surface area contributed by atoms with Crippen LogP contribution in [0.1, 0.15) is 17.7 Å². The molecule has 0 saturated heterocycles. The van der Waals surface area contributed by atoms with Gasteiger partial charge in [0.1, 0.15) is 5.76 Å². The van der Waals surface area contributed by atoms with E-state index in [1.165, 1.54) is 0 Å². The first-order valence-corrected chi connectivity index (χ1v) is 6.82. The molecule has 0 fully saturated rings. The normalized spacial score (nSPS) is 13.6. The highest BCUT2D eigenvalue weighted by Gasteiger charge is 2.13. The molecule has 6 nitrogen and oxygen atoms in total. The standard InChI is InChI=1S/C15H16N2O4/c1-10-7-14(17-21-10)16-15(18)9-11-3-4-12-13(8-11)20-6-2-5-19-12/h3-4,7-8H,2,5-6,9H2,1H3,(H,16,17,18). The van der Waals surface area contributed by atoms with Gasteiger partial charge in [-0.2, -0.15) is 0 Å². The number of amides is 1. The summed E-state index contributed by atoms with van der Waals surface area (Å²) in [6.07, 6.45) is 1.10. The van der Waals surface area contributed by atoms with Crippen molar-refractivity contribution in [3.05, 3.63) is 35.6 Å². The van der Waals surface area contributed by atoms with E-state index in [-0.39, 0.29) is 12.3 Å². The lowest BCUT2D eigenvalue weighted by molar-refractivity contribution is -0.115. The number of anilines is 1. The highest BCUT2D eigenvalue weighted by molar-refractivity contribution is 5.91. The van der Waals surface area contributed by atoms with E-state index in [0.717, 1.165) is 17.7 Å². The Hall–Kier alpha value is -2.50. The fourth-order valence-electron chi connectivity index (χ4n) is 2.12. The summed E-state index contributed by atoms with van der Waals surface area (Å²) >= 11 is 0. The van der Waals surface area contributed by atoms with Crippen molar-refractivity contribution in [1.29, 1.82) is 0 Å². The molecule has 3 rings (SSSR count). The number of rotatable bonds is 3. The Morgan fingerprint density at radius 2 is 2.05 bits per heavy atom. The number of ether oxygens (including phenoxy) is 2. The molecule has 0 radical (unpaired) electrons. The van der Waals surface area contributed by atoms with Crippen LogP contribution in [0.5, 0.6) is 11.5 Å². The second-order valence-corrected chi connectivity index (χ2v) is 4.88. The molecule has 1 aromatic carbocycles. The van der Waals surface area contributed by atoms with Crippen molar-refractivity contribution in [3.63, 3.8) is 0 Å². The molecule has 1 amide bonds. The molecule has 0 saturated carbocycles. The Labute approximate surface area is 122 Å². The van der Waals surface area contributed by atoms with Crippen LogP contribution in [0.4, 0.5) is 5.82 Å². The Bertz CT molecular complexity index is 651. The van der Waals surface area contributed by atoms with Crippen LogP contribution in [0, 0.1) is 6.92 Å². The number of carbonyl (C=O) groups excluding carboxylic acids is 1. The SMILES string of the molecule is Cc1cc(NC(=O)Cc2ccc3c(c2)OCCCO3)no1. The van der Waals surface area contributed by atoms with Crippen LogP contribution in [0.2, 0.25) is 0 Å². The fourth-order valence-corrected chi connectivity index (χ4v) is 2.12. The highest BCUT2D eigenvalue weighted by atomic mass is 16.5. The van der Waals surface area contributed by atoms with Crippen molar-refractivity contribution >= 4 is 11.7 Å². The average molecular weight is 288 g/mol. The number of benzene rings is 1. The summed E-state index contributed by atoms with van der Waals surface area (Å²) in [4.78, 5) is 12.0. The zero-order valence-corrected chi connectivity index (χ0v) is 11.7. The maximum atomic E-state index is 12.0. The molecular formula is C15H16N2O4. The zero-order valence-electron chi connectivity index (χ0n) is 11.7. The molecule has 21 heavy (non-hydrogen) atoms. The summed E-state index contributed by atoms with van der Waals surface area (Å²) in [6, 6.07) is 7.21. The maximum absolute atomic E-state index is 12.0. The monoisotopic (exact) mass is 288 g/mol. The number of nitrogens with zero attached hydrogens (tertiary/aromatic N) is 1. The van der Waals surface area contributed by atoms with Crippen molar-refractivity contribution in [1.82, 2.24) is 5.16 Å². The predicted molar refractivity (Wildman–Crippen MR) is 75.6 cm³/mol. The third-order valence-electron chi connectivity index (χ3n) is 3.07. The van der Waals surface area contributed by atoms with Gasteiger partial charge in [0.2, 0.25) is 5.91 Å². The van der Waals surface area contributed by atoms with Crippen molar-refractivity contribution < 1.29 is 18.8 Å². The minimum absolute atomic E-state index is 0.155. The van der Waals surface area contributed by atoms with Gasteiger partial charge in [-0.25, -0.2) is 0 Å². The first-order valence-electron chi connectivity index (χ1n) is 6.82. The summed E-state index contributed by atoms with van der Waals surface area (Å²) in [6.45, 7) is 3.05. The predicted octanol–water partition coefficient (Wildman–Crippen LogP) is 2.33. The second kappa shape index (κ2) is 5.87. The van der Waals surface area contributed by atoms with Crippen LogP contribution >= 0.6 is 0 Å². The van der Waals surface area contributed by atoms with Gasteiger partial charge in [0.05, 0.1) is 19.6 Å². The minimum Gasteiger partial charge on any atom is -0.490 e. The molecule has 0 bridgehead atoms. The second-order valence-electron chi connectivity index (χ2n) is 4.88. The van der Waals surface area contributed by atoms with E-state index in [2.05, 4.69) is 10.5 Å². The Morgan fingerprint density at radius 1 is 1.24 bits per heavy atom. The Kier molecular flexibility index (Phi) is 3.77. The smallest absolute Gasteiger partial charge is 0.230 e. The molecular weight excluding hydrogens is 272 g/mol. The van der Waals surface area contributed by atoms with Crippen molar-refractivity contribution in [2.45, 2.75) is 19.8 Å². The lowest BCUT2D eigenvalue weighted by atomic mass is 10.1. The molecule has 0 spiro atoms. The van der Waals surface area contributed by atoms with Crippen LogP contribution in [0.25, 0.3) is 0 Å². The van der Waals surface area contributed by atoms with Crippen LogP contribution in [-0.4, -0.2) is 24.3 Å². The van der Waals surface area contributed by atoms with Gasteiger partial charge >= 0.3 is 0 Å². The summed E-state index contributed by atoms with van der Waals surface area (Å²) < 4.78 is 16.1. The highest BCUT2D eigenvalue weighted by Crippen LogP contribution is 2.30. The zero-order chi connectivity index (χ0) is 14.7. The Balaban J connectivity index is 1.67. The van der Waals surface area contributed by atoms with Crippen LogP contribution in [0.15, 0.2) is 28.8 Å². The quantitative estimate of drug-likeness (QED) is 0.938. The number of aryl methyl sites for hydroxylation is 1. The molecule has 1 aliphatic heterocycles. The lowest BCUT2D eigenvalue weighted by Crippen LogP contribution is -2.14. The number of fused-ring (bicyclic) bond motifs is 1. The average Bonchev–Trinajstić information content (AvgIpc) is 2.73. The molecule has 2 aromatic rings. The topological polar surface area (TPSA) is 73.6 Å². The first kappa shape index (κ1) is 13.5. The number of nitrogens with one attached hydrogen (secondary N) is 1. The van der Waals surface area contributed by atoms with E-state index in [1.54, 1.807) is 13.0 Å². The van der Waals surface area contributed by atoms with Crippen molar-refractivity contribution in [3.8, 4) is 11.5 Å². The van der Waals surface area contributed by atoms with E-state index >= 15 is 0 Å². The molecule has 6 heteroatoms. The summed E-state index contributed by atoms with van der Waals surface area (Å²) in [5, 5.41) is 6.42. The maximum Gasteiger partial charge on any atom is 0.230 e. The van der Waals surface area contributed by atoms with Gasteiger partial charge < -0.3 is 19.3 Å². The van der Waals surface area contributed by atoms with Gasteiger partial charge in [-0.15, -0.1) is 0 Å². The largest absolute Gasteiger partial charge is 0.490 e.